The van der Waals surface area contributed by atoms with Crippen molar-refractivity contribution in [2.75, 3.05) is 11.9 Å². The number of ether oxygens (including phenoxy) is 1. The Labute approximate surface area is 173 Å². The lowest BCUT2D eigenvalue weighted by atomic mass is 9.83. The number of nitro groups is 1. The number of nitrogens with one attached hydrogen (secondary N) is 1. The standard InChI is InChI=1S/C21H12N2O8/c24-16(10-30-21(27)15-8-9-17(31-15)23(28)29)22-14-7-3-6-13-18(14)20(26)12-5-2-1-4-11(12)19(13)25/h1-9H,10H2,(H,22,24). The molecule has 31 heavy (non-hydrogen) atoms. The van der Waals surface area contributed by atoms with E-state index in [1.807, 2.05) is 0 Å². The molecule has 4 rings (SSSR count). The van der Waals surface area contributed by atoms with Crippen molar-refractivity contribution in [1.82, 2.24) is 0 Å². The molecular weight excluding hydrogens is 408 g/mol. The van der Waals surface area contributed by atoms with Gasteiger partial charge in [0.25, 0.3) is 5.91 Å². The lowest BCUT2D eigenvalue weighted by Gasteiger charge is -2.20. The molecule has 0 radical (unpaired) electrons. The van der Waals surface area contributed by atoms with Crippen molar-refractivity contribution in [2.24, 2.45) is 0 Å². The Balaban J connectivity index is 1.49. The summed E-state index contributed by atoms with van der Waals surface area (Å²) in [6, 6.07) is 12.9. The van der Waals surface area contributed by atoms with Crippen molar-refractivity contribution in [1.29, 1.82) is 0 Å². The summed E-state index contributed by atoms with van der Waals surface area (Å²) >= 11 is 0. The number of hydrogen-bond donors (Lipinski definition) is 1. The number of ketones is 2. The molecule has 1 amide bonds. The monoisotopic (exact) mass is 420 g/mol. The molecule has 2 aromatic carbocycles. The average Bonchev–Trinajstić information content (AvgIpc) is 3.26. The molecule has 1 N–H and O–H groups in total. The summed E-state index contributed by atoms with van der Waals surface area (Å²) in [7, 11) is 0. The molecule has 1 aliphatic rings. The molecule has 0 fully saturated rings. The number of amides is 1. The van der Waals surface area contributed by atoms with E-state index in [-0.39, 0.29) is 33.7 Å². The fourth-order valence-corrected chi connectivity index (χ4v) is 3.17. The molecule has 1 aliphatic carbocycles. The van der Waals surface area contributed by atoms with Gasteiger partial charge in [-0.3, -0.25) is 24.5 Å². The van der Waals surface area contributed by atoms with Crippen LogP contribution in [0.5, 0.6) is 0 Å². The van der Waals surface area contributed by atoms with E-state index in [2.05, 4.69) is 5.32 Å². The Bertz CT molecular complexity index is 1270. The summed E-state index contributed by atoms with van der Waals surface area (Å²) in [5, 5.41) is 13.0. The first-order chi connectivity index (χ1) is 14.9. The zero-order valence-electron chi connectivity index (χ0n) is 15.6. The second-order valence-corrected chi connectivity index (χ2v) is 6.45. The second-order valence-electron chi connectivity index (χ2n) is 6.45. The molecule has 0 saturated carbocycles. The van der Waals surface area contributed by atoms with Crippen LogP contribution in [0.2, 0.25) is 0 Å². The normalized spacial score (nSPS) is 12.0. The fraction of sp³-hybridized carbons (Fsp3) is 0.0476. The number of esters is 1. The third-order valence-corrected chi connectivity index (χ3v) is 4.53. The minimum atomic E-state index is -1.07. The Morgan fingerprint density at radius 2 is 1.61 bits per heavy atom. The van der Waals surface area contributed by atoms with Crippen LogP contribution in [0.4, 0.5) is 11.6 Å². The van der Waals surface area contributed by atoms with E-state index in [1.165, 1.54) is 24.3 Å². The van der Waals surface area contributed by atoms with E-state index in [4.69, 9.17) is 9.15 Å². The van der Waals surface area contributed by atoms with Crippen LogP contribution < -0.4 is 5.32 Å². The maximum atomic E-state index is 12.9. The maximum Gasteiger partial charge on any atom is 0.433 e. The van der Waals surface area contributed by atoms with Crippen LogP contribution in [0, 0.1) is 10.1 Å². The van der Waals surface area contributed by atoms with E-state index in [0.717, 1.165) is 12.1 Å². The lowest BCUT2D eigenvalue weighted by Crippen LogP contribution is -2.26. The van der Waals surface area contributed by atoms with E-state index in [9.17, 15) is 29.3 Å². The highest BCUT2D eigenvalue weighted by molar-refractivity contribution is 6.30. The van der Waals surface area contributed by atoms with Crippen LogP contribution in [-0.4, -0.2) is 35.0 Å². The van der Waals surface area contributed by atoms with Gasteiger partial charge in [0.05, 0.1) is 17.3 Å². The van der Waals surface area contributed by atoms with Crippen LogP contribution in [0.1, 0.15) is 42.4 Å². The predicted molar refractivity (Wildman–Crippen MR) is 104 cm³/mol. The number of furan rings is 1. The predicted octanol–water partition coefficient (Wildman–Crippen LogP) is 2.76. The van der Waals surface area contributed by atoms with Crippen molar-refractivity contribution in [2.45, 2.75) is 0 Å². The van der Waals surface area contributed by atoms with Crippen molar-refractivity contribution in [3.05, 3.63) is 92.7 Å². The molecule has 10 nitrogen and oxygen atoms in total. The number of carbonyl (C=O) groups excluding carboxylic acids is 4. The summed E-state index contributed by atoms with van der Waals surface area (Å²) in [5.74, 6) is -3.68. The SMILES string of the molecule is O=C(COC(=O)c1ccc([N+](=O)[O-])o1)Nc1cccc2c1C(=O)c1ccccc1C2=O. The molecule has 0 unspecified atom stereocenters. The summed E-state index contributed by atoms with van der Waals surface area (Å²) in [5.41, 5.74) is 0.812. The first-order valence-corrected chi connectivity index (χ1v) is 8.89. The van der Waals surface area contributed by atoms with E-state index in [0.29, 0.717) is 0 Å². The van der Waals surface area contributed by atoms with Crippen LogP contribution in [0.15, 0.2) is 59.0 Å². The number of carbonyl (C=O) groups is 4. The van der Waals surface area contributed by atoms with Gasteiger partial charge in [0.1, 0.15) is 4.92 Å². The maximum absolute atomic E-state index is 12.9. The first-order valence-electron chi connectivity index (χ1n) is 8.89. The van der Waals surface area contributed by atoms with Gasteiger partial charge in [-0.05, 0) is 12.1 Å². The molecule has 10 heteroatoms. The number of nitrogens with zero attached hydrogens (tertiary/aromatic N) is 1. The van der Waals surface area contributed by atoms with Gasteiger partial charge >= 0.3 is 11.9 Å². The van der Waals surface area contributed by atoms with Gasteiger partial charge in [0, 0.05) is 16.7 Å². The molecular formula is C21H12N2O8. The molecule has 0 atom stereocenters. The van der Waals surface area contributed by atoms with E-state index in [1.54, 1.807) is 18.2 Å². The zero-order chi connectivity index (χ0) is 22.1. The van der Waals surface area contributed by atoms with Gasteiger partial charge in [-0.2, -0.15) is 0 Å². The summed E-state index contributed by atoms with van der Waals surface area (Å²) in [6.45, 7) is -0.740. The van der Waals surface area contributed by atoms with Gasteiger partial charge < -0.3 is 14.5 Å². The fourth-order valence-electron chi connectivity index (χ4n) is 3.17. The van der Waals surface area contributed by atoms with Crippen molar-refractivity contribution >= 4 is 35.0 Å². The van der Waals surface area contributed by atoms with Gasteiger partial charge in [0.15, 0.2) is 18.2 Å². The third-order valence-electron chi connectivity index (χ3n) is 4.53. The van der Waals surface area contributed by atoms with Crippen molar-refractivity contribution in [3.8, 4) is 0 Å². The molecule has 0 saturated heterocycles. The van der Waals surface area contributed by atoms with Crippen LogP contribution in [-0.2, 0) is 9.53 Å². The van der Waals surface area contributed by atoms with Gasteiger partial charge in [-0.15, -0.1) is 0 Å². The molecule has 154 valence electrons. The Morgan fingerprint density at radius 3 is 2.29 bits per heavy atom. The van der Waals surface area contributed by atoms with Gasteiger partial charge in [-0.1, -0.05) is 36.4 Å². The summed E-state index contributed by atoms with van der Waals surface area (Å²) in [4.78, 5) is 59.5. The van der Waals surface area contributed by atoms with Gasteiger partial charge in [0.2, 0.25) is 5.76 Å². The molecule has 3 aromatic rings. The van der Waals surface area contributed by atoms with Gasteiger partial charge in [-0.25, -0.2) is 4.79 Å². The van der Waals surface area contributed by atoms with Crippen LogP contribution >= 0.6 is 0 Å². The number of benzene rings is 2. The Kier molecular flexibility index (Phi) is 4.88. The Morgan fingerprint density at radius 1 is 0.935 bits per heavy atom. The van der Waals surface area contributed by atoms with Crippen molar-refractivity contribution < 1.29 is 33.3 Å². The number of rotatable bonds is 5. The number of hydrogen-bond acceptors (Lipinski definition) is 8. The minimum absolute atomic E-state index is 0.0486. The molecule has 1 aromatic heterocycles. The third kappa shape index (κ3) is 3.57. The molecule has 1 heterocycles. The van der Waals surface area contributed by atoms with Crippen molar-refractivity contribution in [3.63, 3.8) is 0 Å². The number of fused-ring (bicyclic) bond motifs is 2. The first kappa shape index (κ1) is 19.7. The molecule has 0 bridgehead atoms. The topological polar surface area (TPSA) is 146 Å². The largest absolute Gasteiger partial charge is 0.450 e. The summed E-state index contributed by atoms with van der Waals surface area (Å²) < 4.78 is 9.49. The van der Waals surface area contributed by atoms with E-state index >= 15 is 0 Å². The van der Waals surface area contributed by atoms with Crippen LogP contribution in [0.3, 0.4) is 0 Å². The zero-order valence-corrected chi connectivity index (χ0v) is 15.6. The summed E-state index contributed by atoms with van der Waals surface area (Å²) in [6.07, 6.45) is 0. The quantitative estimate of drug-likeness (QED) is 0.295. The highest BCUT2D eigenvalue weighted by Gasteiger charge is 2.31. The second kappa shape index (κ2) is 7.67. The number of anilines is 1. The molecule has 0 aliphatic heterocycles. The van der Waals surface area contributed by atoms with E-state index < -0.39 is 40.8 Å². The highest BCUT2D eigenvalue weighted by atomic mass is 16.7. The highest BCUT2D eigenvalue weighted by Crippen LogP contribution is 2.31. The molecule has 0 spiro atoms. The Hall–Kier alpha value is -4.60. The minimum Gasteiger partial charge on any atom is -0.450 e. The van der Waals surface area contributed by atoms with Crippen LogP contribution in [0.25, 0.3) is 0 Å². The lowest BCUT2D eigenvalue weighted by molar-refractivity contribution is -0.402. The smallest absolute Gasteiger partial charge is 0.433 e. The average molecular weight is 420 g/mol.